The molecule has 0 N–H and O–H groups in total. The molecular weight excluding hydrogens is 272 g/mol. The molecule has 1 amide bonds. The standard InChI is InChI=1S/C15H16N2O2S/c18-15(12-3-6-16-7-4-12)17-8-5-14(20-11-9-17)13-2-1-10-19-13/h1-4,6-7,10,14H,5,8-9,11H2/t14-/m1/s1. The molecule has 5 heteroatoms. The van der Waals surface area contributed by atoms with Crippen LogP contribution in [0.25, 0.3) is 0 Å². The van der Waals surface area contributed by atoms with Crippen LogP contribution in [0.2, 0.25) is 0 Å². The van der Waals surface area contributed by atoms with E-state index in [0.29, 0.717) is 10.8 Å². The van der Waals surface area contributed by atoms with Crippen molar-refractivity contribution in [3.63, 3.8) is 0 Å². The quantitative estimate of drug-likeness (QED) is 0.852. The maximum atomic E-state index is 12.4. The summed E-state index contributed by atoms with van der Waals surface area (Å²) in [5.41, 5.74) is 0.710. The molecule has 3 heterocycles. The maximum absolute atomic E-state index is 12.4. The third kappa shape index (κ3) is 2.88. The van der Waals surface area contributed by atoms with Gasteiger partial charge in [0.1, 0.15) is 5.76 Å². The smallest absolute Gasteiger partial charge is 0.253 e. The highest BCUT2D eigenvalue weighted by molar-refractivity contribution is 7.99. The molecule has 1 fully saturated rings. The lowest BCUT2D eigenvalue weighted by atomic mass is 10.2. The summed E-state index contributed by atoms with van der Waals surface area (Å²) in [6, 6.07) is 7.47. The second-order valence-electron chi connectivity index (χ2n) is 4.69. The van der Waals surface area contributed by atoms with Crippen molar-refractivity contribution < 1.29 is 9.21 Å². The second kappa shape index (κ2) is 6.13. The average Bonchev–Trinajstić information content (AvgIpc) is 2.92. The monoisotopic (exact) mass is 288 g/mol. The van der Waals surface area contributed by atoms with Crippen LogP contribution in [0.5, 0.6) is 0 Å². The summed E-state index contributed by atoms with van der Waals surface area (Å²) >= 11 is 1.86. The van der Waals surface area contributed by atoms with E-state index in [4.69, 9.17) is 4.42 Å². The first-order valence-corrected chi connectivity index (χ1v) is 7.74. The zero-order valence-electron chi connectivity index (χ0n) is 11.1. The highest BCUT2D eigenvalue weighted by Gasteiger charge is 2.24. The number of carbonyl (C=O) groups is 1. The number of nitrogens with zero attached hydrogens (tertiary/aromatic N) is 2. The number of amides is 1. The lowest BCUT2D eigenvalue weighted by molar-refractivity contribution is 0.0766. The molecule has 0 spiro atoms. The van der Waals surface area contributed by atoms with E-state index in [0.717, 1.165) is 31.0 Å². The van der Waals surface area contributed by atoms with E-state index in [2.05, 4.69) is 4.98 Å². The minimum absolute atomic E-state index is 0.0908. The molecule has 1 aliphatic heterocycles. The van der Waals surface area contributed by atoms with Crippen molar-refractivity contribution in [1.29, 1.82) is 0 Å². The molecule has 0 unspecified atom stereocenters. The van der Waals surface area contributed by atoms with Gasteiger partial charge in [0.05, 0.1) is 11.5 Å². The van der Waals surface area contributed by atoms with Gasteiger partial charge in [0.25, 0.3) is 5.91 Å². The number of pyridine rings is 1. The summed E-state index contributed by atoms with van der Waals surface area (Å²) in [6.45, 7) is 1.54. The van der Waals surface area contributed by atoms with Gasteiger partial charge in [0.2, 0.25) is 0 Å². The Hall–Kier alpha value is -1.75. The van der Waals surface area contributed by atoms with E-state index in [1.165, 1.54) is 0 Å². The molecule has 2 aromatic heterocycles. The van der Waals surface area contributed by atoms with E-state index in [1.54, 1.807) is 30.8 Å². The molecule has 104 valence electrons. The summed E-state index contributed by atoms with van der Waals surface area (Å²) in [6.07, 6.45) is 5.95. The van der Waals surface area contributed by atoms with Gasteiger partial charge in [-0.3, -0.25) is 9.78 Å². The second-order valence-corrected chi connectivity index (χ2v) is 6.00. The fourth-order valence-corrected chi connectivity index (χ4v) is 3.53. The SMILES string of the molecule is O=C(c1ccncc1)N1CCS[C@@H](c2ccco2)CC1. The Kier molecular flexibility index (Phi) is 4.06. The van der Waals surface area contributed by atoms with Gasteiger partial charge in [-0.25, -0.2) is 0 Å². The normalized spacial score (nSPS) is 19.6. The number of furan rings is 1. The predicted molar refractivity (Wildman–Crippen MR) is 78.7 cm³/mol. The van der Waals surface area contributed by atoms with Crippen molar-refractivity contribution in [2.24, 2.45) is 0 Å². The molecule has 1 atom stereocenters. The van der Waals surface area contributed by atoms with Crippen LogP contribution < -0.4 is 0 Å². The molecule has 0 aliphatic carbocycles. The largest absolute Gasteiger partial charge is 0.468 e. The van der Waals surface area contributed by atoms with Gasteiger partial charge in [-0.1, -0.05) is 0 Å². The average molecular weight is 288 g/mol. The molecule has 0 radical (unpaired) electrons. The fourth-order valence-electron chi connectivity index (χ4n) is 2.35. The Labute approximate surface area is 122 Å². The van der Waals surface area contributed by atoms with Crippen LogP contribution in [0.15, 0.2) is 47.3 Å². The summed E-state index contributed by atoms with van der Waals surface area (Å²) in [5, 5.41) is 0.347. The Bertz CT molecular complexity index is 557. The summed E-state index contributed by atoms with van der Waals surface area (Å²) in [7, 11) is 0. The first kappa shape index (κ1) is 13.2. The topological polar surface area (TPSA) is 46.3 Å². The molecule has 4 nitrogen and oxygen atoms in total. The van der Waals surface area contributed by atoms with Gasteiger partial charge in [0.15, 0.2) is 0 Å². The van der Waals surface area contributed by atoms with Crippen molar-refractivity contribution in [3.05, 3.63) is 54.2 Å². The minimum Gasteiger partial charge on any atom is -0.468 e. The Morgan fingerprint density at radius 1 is 1.30 bits per heavy atom. The molecule has 0 saturated carbocycles. The first-order valence-electron chi connectivity index (χ1n) is 6.69. The van der Waals surface area contributed by atoms with Crippen molar-refractivity contribution >= 4 is 17.7 Å². The van der Waals surface area contributed by atoms with Gasteiger partial charge < -0.3 is 9.32 Å². The van der Waals surface area contributed by atoms with Crippen molar-refractivity contribution in [1.82, 2.24) is 9.88 Å². The van der Waals surface area contributed by atoms with E-state index < -0.39 is 0 Å². The first-order chi connectivity index (χ1) is 9.84. The van der Waals surface area contributed by atoms with Gasteiger partial charge in [0, 0.05) is 36.8 Å². The minimum atomic E-state index is 0.0908. The van der Waals surface area contributed by atoms with Crippen molar-refractivity contribution in [2.75, 3.05) is 18.8 Å². The number of hydrogen-bond acceptors (Lipinski definition) is 4. The molecule has 0 bridgehead atoms. The number of thioether (sulfide) groups is 1. The Balaban J connectivity index is 1.67. The van der Waals surface area contributed by atoms with Crippen molar-refractivity contribution in [2.45, 2.75) is 11.7 Å². The van der Waals surface area contributed by atoms with Gasteiger partial charge >= 0.3 is 0 Å². The molecular formula is C15H16N2O2S. The van der Waals surface area contributed by atoms with E-state index >= 15 is 0 Å². The highest BCUT2D eigenvalue weighted by atomic mass is 32.2. The van der Waals surface area contributed by atoms with Crippen LogP contribution in [-0.2, 0) is 0 Å². The van der Waals surface area contributed by atoms with Crippen LogP contribution in [0.3, 0.4) is 0 Å². The third-order valence-corrected chi connectivity index (χ3v) is 4.71. The lowest BCUT2D eigenvalue weighted by Crippen LogP contribution is -2.32. The summed E-state index contributed by atoms with van der Waals surface area (Å²) < 4.78 is 5.48. The van der Waals surface area contributed by atoms with Crippen LogP contribution in [0.1, 0.15) is 27.8 Å². The number of rotatable bonds is 2. The van der Waals surface area contributed by atoms with E-state index in [-0.39, 0.29) is 5.91 Å². The predicted octanol–water partition coefficient (Wildman–Crippen LogP) is 3.00. The number of aromatic nitrogens is 1. The number of hydrogen-bond donors (Lipinski definition) is 0. The summed E-state index contributed by atoms with van der Waals surface area (Å²) in [5.74, 6) is 2.03. The zero-order chi connectivity index (χ0) is 13.8. The van der Waals surface area contributed by atoms with Gasteiger partial charge in [-0.05, 0) is 30.7 Å². The van der Waals surface area contributed by atoms with Crippen LogP contribution in [0, 0.1) is 0 Å². The highest BCUT2D eigenvalue weighted by Crippen LogP contribution is 2.34. The zero-order valence-corrected chi connectivity index (χ0v) is 11.9. The van der Waals surface area contributed by atoms with E-state index in [1.807, 2.05) is 28.8 Å². The van der Waals surface area contributed by atoms with Gasteiger partial charge in [-0.15, -0.1) is 11.8 Å². The van der Waals surface area contributed by atoms with Crippen LogP contribution in [-0.4, -0.2) is 34.6 Å². The molecule has 1 aliphatic rings. The lowest BCUT2D eigenvalue weighted by Gasteiger charge is -2.20. The Morgan fingerprint density at radius 2 is 2.15 bits per heavy atom. The van der Waals surface area contributed by atoms with Crippen LogP contribution >= 0.6 is 11.8 Å². The summed E-state index contributed by atoms with van der Waals surface area (Å²) in [4.78, 5) is 18.3. The van der Waals surface area contributed by atoms with Crippen molar-refractivity contribution in [3.8, 4) is 0 Å². The van der Waals surface area contributed by atoms with Crippen LogP contribution in [0.4, 0.5) is 0 Å². The Morgan fingerprint density at radius 3 is 2.90 bits per heavy atom. The molecule has 2 aromatic rings. The molecule has 1 saturated heterocycles. The molecule has 0 aromatic carbocycles. The van der Waals surface area contributed by atoms with E-state index in [9.17, 15) is 4.79 Å². The number of carbonyl (C=O) groups excluding carboxylic acids is 1. The molecule has 3 rings (SSSR count). The fraction of sp³-hybridized carbons (Fsp3) is 0.333. The van der Waals surface area contributed by atoms with Gasteiger partial charge in [-0.2, -0.15) is 0 Å². The third-order valence-electron chi connectivity index (χ3n) is 3.42. The maximum Gasteiger partial charge on any atom is 0.253 e. The molecule has 20 heavy (non-hydrogen) atoms.